The molecule has 3 amide bonds. The van der Waals surface area contributed by atoms with Crippen LogP contribution in [-0.2, 0) is 0 Å². The third kappa shape index (κ3) is 2.86. The minimum Gasteiger partial charge on any atom is -0.335 e. The van der Waals surface area contributed by atoms with Crippen molar-refractivity contribution < 1.29 is 22.8 Å². The summed E-state index contributed by atoms with van der Waals surface area (Å²) in [5.41, 5.74) is -1.15. The molecule has 2 N–H and O–H groups in total. The molecule has 1 aromatic carbocycles. The summed E-state index contributed by atoms with van der Waals surface area (Å²) in [7, 11) is 0. The van der Waals surface area contributed by atoms with Crippen molar-refractivity contribution in [3.8, 4) is 0 Å². The summed E-state index contributed by atoms with van der Waals surface area (Å²) in [6, 6.07) is -0.490. The van der Waals surface area contributed by atoms with Gasteiger partial charge in [-0.25, -0.2) is 18.0 Å². The molecule has 0 unspecified atom stereocenters. The standard InChI is InChI=1S/C12H11F3N2O2/c1-5-9(7(13)4-8(14)10(5)15)11(18)17-12(19)16-6-2-3-6/h4,6H,2-3H2,1H3,(H2,16,17,18,19). The molecule has 1 saturated carbocycles. The number of nitrogens with one attached hydrogen (secondary N) is 2. The third-order valence-electron chi connectivity index (χ3n) is 2.77. The van der Waals surface area contributed by atoms with E-state index in [0.717, 1.165) is 19.8 Å². The van der Waals surface area contributed by atoms with Gasteiger partial charge >= 0.3 is 6.03 Å². The second-order valence-electron chi connectivity index (χ2n) is 4.36. The van der Waals surface area contributed by atoms with Gasteiger partial charge in [0, 0.05) is 17.7 Å². The zero-order chi connectivity index (χ0) is 14.2. The Labute approximate surface area is 107 Å². The minimum absolute atomic E-state index is 0.0173. The van der Waals surface area contributed by atoms with E-state index in [9.17, 15) is 22.8 Å². The fourth-order valence-corrected chi connectivity index (χ4v) is 1.61. The molecule has 19 heavy (non-hydrogen) atoms. The van der Waals surface area contributed by atoms with Crippen LogP contribution in [0, 0.1) is 24.4 Å². The zero-order valence-electron chi connectivity index (χ0n) is 10.0. The second kappa shape index (κ2) is 4.91. The summed E-state index contributed by atoms with van der Waals surface area (Å²) >= 11 is 0. The monoisotopic (exact) mass is 272 g/mol. The van der Waals surface area contributed by atoms with Gasteiger partial charge in [-0.1, -0.05) is 0 Å². The van der Waals surface area contributed by atoms with Gasteiger partial charge in [-0.3, -0.25) is 10.1 Å². The first-order valence-electron chi connectivity index (χ1n) is 5.66. The van der Waals surface area contributed by atoms with E-state index in [1.165, 1.54) is 0 Å². The normalized spacial score (nSPS) is 14.1. The molecule has 0 bridgehead atoms. The highest BCUT2D eigenvalue weighted by Gasteiger charge is 2.26. The predicted octanol–water partition coefficient (Wildman–Crippen LogP) is 2.01. The van der Waals surface area contributed by atoms with Gasteiger partial charge in [0.15, 0.2) is 11.6 Å². The molecule has 1 fully saturated rings. The fourth-order valence-electron chi connectivity index (χ4n) is 1.61. The molecule has 102 valence electrons. The lowest BCUT2D eigenvalue weighted by molar-refractivity contribution is 0.0958. The number of carbonyl (C=O) groups excluding carboxylic acids is 2. The Morgan fingerprint density at radius 2 is 1.84 bits per heavy atom. The van der Waals surface area contributed by atoms with Gasteiger partial charge in [0.1, 0.15) is 5.82 Å². The van der Waals surface area contributed by atoms with E-state index in [2.05, 4.69) is 5.32 Å². The van der Waals surface area contributed by atoms with Gasteiger partial charge in [0.05, 0.1) is 5.56 Å². The number of rotatable bonds is 2. The summed E-state index contributed by atoms with van der Waals surface area (Å²) in [5, 5.41) is 4.34. The predicted molar refractivity (Wildman–Crippen MR) is 60.1 cm³/mol. The summed E-state index contributed by atoms with van der Waals surface area (Å²) < 4.78 is 39.6. The number of imide groups is 1. The lowest BCUT2D eigenvalue weighted by Gasteiger charge is -2.09. The number of amides is 3. The SMILES string of the molecule is Cc1c(F)c(F)cc(F)c1C(=O)NC(=O)NC1CC1. The summed E-state index contributed by atoms with van der Waals surface area (Å²) in [6.45, 7) is 1.06. The van der Waals surface area contributed by atoms with Crippen LogP contribution in [0.2, 0.25) is 0 Å². The highest BCUT2D eigenvalue weighted by atomic mass is 19.2. The molecule has 0 atom stereocenters. The fraction of sp³-hybridized carbons (Fsp3) is 0.333. The van der Waals surface area contributed by atoms with Gasteiger partial charge in [-0.2, -0.15) is 0 Å². The van der Waals surface area contributed by atoms with E-state index >= 15 is 0 Å². The van der Waals surface area contributed by atoms with Crippen molar-refractivity contribution in [1.29, 1.82) is 0 Å². The van der Waals surface area contributed by atoms with E-state index in [-0.39, 0.29) is 12.1 Å². The second-order valence-corrected chi connectivity index (χ2v) is 4.36. The van der Waals surface area contributed by atoms with Crippen LogP contribution in [0.5, 0.6) is 0 Å². The molecule has 0 radical (unpaired) electrons. The molecule has 0 heterocycles. The zero-order valence-corrected chi connectivity index (χ0v) is 10.0. The van der Waals surface area contributed by atoms with Gasteiger partial charge in [-0.05, 0) is 19.8 Å². The van der Waals surface area contributed by atoms with Crippen LogP contribution >= 0.6 is 0 Å². The van der Waals surface area contributed by atoms with Crippen LogP contribution in [0.15, 0.2) is 6.07 Å². The van der Waals surface area contributed by atoms with Crippen LogP contribution in [-0.4, -0.2) is 18.0 Å². The highest BCUT2D eigenvalue weighted by molar-refractivity contribution is 6.05. The molecule has 2 rings (SSSR count). The van der Waals surface area contributed by atoms with Gasteiger partial charge < -0.3 is 5.32 Å². The Balaban J connectivity index is 2.18. The molecular weight excluding hydrogens is 261 g/mol. The van der Waals surface area contributed by atoms with E-state index in [1.54, 1.807) is 0 Å². The first-order valence-corrected chi connectivity index (χ1v) is 5.66. The molecule has 0 saturated heterocycles. The van der Waals surface area contributed by atoms with Crippen molar-refractivity contribution >= 4 is 11.9 Å². The number of benzene rings is 1. The summed E-state index contributed by atoms with van der Waals surface area (Å²) in [4.78, 5) is 23.0. The topological polar surface area (TPSA) is 58.2 Å². The molecule has 0 aromatic heterocycles. The molecule has 0 spiro atoms. The summed E-state index contributed by atoms with van der Waals surface area (Å²) in [6.07, 6.45) is 1.64. The molecule has 7 heteroatoms. The minimum atomic E-state index is -1.38. The molecule has 1 aliphatic rings. The van der Waals surface area contributed by atoms with Gasteiger partial charge in [0.2, 0.25) is 0 Å². The Bertz CT molecular complexity index is 556. The molecule has 0 aliphatic heterocycles. The average molecular weight is 272 g/mol. The number of urea groups is 1. The first-order chi connectivity index (χ1) is 8.90. The van der Waals surface area contributed by atoms with Crippen LogP contribution in [0.4, 0.5) is 18.0 Å². The van der Waals surface area contributed by atoms with E-state index in [0.29, 0.717) is 0 Å². The maximum Gasteiger partial charge on any atom is 0.321 e. The van der Waals surface area contributed by atoms with Crippen LogP contribution in [0.3, 0.4) is 0 Å². The maximum absolute atomic E-state index is 13.5. The quantitative estimate of drug-likeness (QED) is 0.809. The number of hydrogen-bond donors (Lipinski definition) is 2. The van der Waals surface area contributed by atoms with E-state index in [4.69, 9.17) is 0 Å². The lowest BCUT2D eigenvalue weighted by atomic mass is 10.1. The number of carbonyl (C=O) groups is 2. The summed E-state index contributed by atoms with van der Waals surface area (Å²) in [5.74, 6) is -5.01. The number of halogens is 3. The highest BCUT2D eigenvalue weighted by Crippen LogP contribution is 2.20. The lowest BCUT2D eigenvalue weighted by Crippen LogP contribution is -2.41. The van der Waals surface area contributed by atoms with Gasteiger partial charge in [-0.15, -0.1) is 0 Å². The Morgan fingerprint density at radius 3 is 2.42 bits per heavy atom. The molecule has 4 nitrogen and oxygen atoms in total. The van der Waals surface area contributed by atoms with Crippen molar-refractivity contribution in [2.24, 2.45) is 0 Å². The average Bonchev–Trinajstić information content (AvgIpc) is 3.09. The van der Waals surface area contributed by atoms with Crippen molar-refractivity contribution in [3.63, 3.8) is 0 Å². The van der Waals surface area contributed by atoms with Crippen LogP contribution < -0.4 is 10.6 Å². The van der Waals surface area contributed by atoms with Crippen molar-refractivity contribution in [1.82, 2.24) is 10.6 Å². The van der Waals surface area contributed by atoms with Crippen molar-refractivity contribution in [3.05, 3.63) is 34.6 Å². The van der Waals surface area contributed by atoms with E-state index in [1.807, 2.05) is 5.32 Å². The smallest absolute Gasteiger partial charge is 0.321 e. The maximum atomic E-state index is 13.5. The van der Waals surface area contributed by atoms with Crippen molar-refractivity contribution in [2.75, 3.05) is 0 Å². The van der Waals surface area contributed by atoms with E-state index < -0.39 is 40.5 Å². The van der Waals surface area contributed by atoms with Crippen LogP contribution in [0.25, 0.3) is 0 Å². The van der Waals surface area contributed by atoms with Crippen LogP contribution in [0.1, 0.15) is 28.8 Å². The molecular formula is C12H11F3N2O2. The largest absolute Gasteiger partial charge is 0.335 e. The molecule has 1 aromatic rings. The van der Waals surface area contributed by atoms with Crippen molar-refractivity contribution in [2.45, 2.75) is 25.8 Å². The number of hydrogen-bond acceptors (Lipinski definition) is 2. The Kier molecular flexibility index (Phi) is 3.46. The molecule has 1 aliphatic carbocycles. The Morgan fingerprint density at radius 1 is 1.21 bits per heavy atom. The third-order valence-corrected chi connectivity index (χ3v) is 2.77. The van der Waals surface area contributed by atoms with Gasteiger partial charge in [0.25, 0.3) is 5.91 Å². The first kappa shape index (κ1) is 13.4. The Hall–Kier alpha value is -2.05.